The maximum atomic E-state index is 13.1. The third-order valence-corrected chi connectivity index (χ3v) is 9.47. The Hall–Kier alpha value is -2.97. The Morgan fingerprint density at radius 2 is 1.71 bits per heavy atom. The molecule has 1 aliphatic rings. The van der Waals surface area contributed by atoms with Crippen molar-refractivity contribution in [1.29, 1.82) is 0 Å². The van der Waals surface area contributed by atoms with Crippen molar-refractivity contribution in [3.05, 3.63) is 64.5 Å². The zero-order valence-corrected chi connectivity index (χ0v) is 23.4. The maximum Gasteiger partial charge on any atom is 0.267 e. The topological polar surface area (TPSA) is 154 Å². The minimum atomic E-state index is -4.14. The Bertz CT molecular complexity index is 1560. The lowest BCUT2D eigenvalue weighted by Gasteiger charge is -2.34. The van der Waals surface area contributed by atoms with Crippen LogP contribution in [0.25, 0.3) is 0 Å². The van der Waals surface area contributed by atoms with Gasteiger partial charge in [0.1, 0.15) is 5.69 Å². The molecule has 1 N–H and O–H groups in total. The quantitative estimate of drug-likeness (QED) is 0.330. The molecule has 1 fully saturated rings. The number of hydrogen-bond acceptors (Lipinski definition) is 9. The fourth-order valence-electron chi connectivity index (χ4n) is 4.18. The number of aliphatic imine (C=N–C) groups is 1. The van der Waals surface area contributed by atoms with E-state index < -0.39 is 25.9 Å². The summed E-state index contributed by atoms with van der Waals surface area (Å²) in [6.07, 6.45) is -0.468. The minimum absolute atomic E-state index is 0.0436. The molecular weight excluding hydrogens is 556 g/mol. The number of aryl methyl sites for hydroxylation is 2. The van der Waals surface area contributed by atoms with Crippen LogP contribution < -0.4 is 9.83 Å². The lowest BCUT2D eigenvalue weighted by atomic mass is 10.2. The van der Waals surface area contributed by atoms with Crippen LogP contribution in [0.5, 0.6) is 0 Å². The molecule has 0 spiro atoms. The van der Waals surface area contributed by atoms with Gasteiger partial charge in [-0.15, -0.1) is 0 Å². The summed E-state index contributed by atoms with van der Waals surface area (Å²) in [4.78, 5) is 3.95. The zero-order chi connectivity index (χ0) is 27.8. The smallest absolute Gasteiger partial charge is 0.267 e. The number of nitrogens with zero attached hydrogens (tertiary/aromatic N) is 3. The third-order valence-electron chi connectivity index (χ3n) is 5.78. The van der Waals surface area contributed by atoms with Crippen LogP contribution in [0.1, 0.15) is 30.9 Å². The maximum absolute atomic E-state index is 13.1. The Morgan fingerprint density at radius 1 is 1.08 bits per heavy atom. The number of morpholine rings is 1. The van der Waals surface area contributed by atoms with Crippen molar-refractivity contribution in [2.45, 2.75) is 49.7 Å². The van der Waals surface area contributed by atoms with Crippen LogP contribution in [0.4, 0.5) is 11.4 Å². The molecular formula is C24H26ClN4O7S2-. The van der Waals surface area contributed by atoms with Gasteiger partial charge in [0.25, 0.3) is 10.0 Å². The number of aromatic nitrogens is 1. The highest BCUT2D eigenvalue weighted by Crippen LogP contribution is 2.28. The molecule has 2 aromatic carbocycles. The van der Waals surface area contributed by atoms with Crippen molar-refractivity contribution in [3.8, 4) is 0 Å². The number of sulfonamides is 2. The first kappa shape index (κ1) is 28.0. The van der Waals surface area contributed by atoms with Crippen LogP contribution in [0, 0.1) is 13.8 Å². The highest BCUT2D eigenvalue weighted by molar-refractivity contribution is 7.92. The highest BCUT2D eigenvalue weighted by atomic mass is 35.5. The molecule has 2 heterocycles. The van der Waals surface area contributed by atoms with E-state index in [1.807, 2.05) is 13.8 Å². The largest absolute Gasteiger partial charge is 0.858 e. The number of ether oxygens (including phenoxy) is 1. The van der Waals surface area contributed by atoms with E-state index in [4.69, 9.17) is 20.9 Å². The predicted molar refractivity (Wildman–Crippen MR) is 140 cm³/mol. The van der Waals surface area contributed by atoms with Crippen LogP contribution in [-0.4, -0.2) is 57.5 Å². The summed E-state index contributed by atoms with van der Waals surface area (Å²) in [5.74, 6) is -0.687. The second-order valence-electron chi connectivity index (χ2n) is 8.94. The van der Waals surface area contributed by atoms with E-state index in [0.717, 1.165) is 0 Å². The summed E-state index contributed by atoms with van der Waals surface area (Å²) in [6.45, 7) is 7.03. The average Bonchev–Trinajstić information content (AvgIpc) is 3.18. The molecule has 38 heavy (non-hydrogen) atoms. The molecule has 0 radical (unpaired) electrons. The lowest BCUT2D eigenvalue weighted by molar-refractivity contribution is -0.212. The van der Waals surface area contributed by atoms with Gasteiger partial charge in [-0.1, -0.05) is 16.8 Å². The van der Waals surface area contributed by atoms with E-state index in [9.17, 15) is 21.9 Å². The van der Waals surface area contributed by atoms with Crippen molar-refractivity contribution in [2.24, 2.45) is 4.99 Å². The van der Waals surface area contributed by atoms with Crippen LogP contribution >= 0.6 is 11.6 Å². The Labute approximate surface area is 226 Å². The summed E-state index contributed by atoms with van der Waals surface area (Å²) in [5.41, 5.74) is 0.202. The molecule has 14 heteroatoms. The summed E-state index contributed by atoms with van der Waals surface area (Å²) >= 11 is 6.07. The van der Waals surface area contributed by atoms with E-state index in [0.29, 0.717) is 0 Å². The summed E-state index contributed by atoms with van der Waals surface area (Å²) in [6, 6.07) is 9.60. The molecule has 2 unspecified atom stereocenters. The summed E-state index contributed by atoms with van der Waals surface area (Å²) in [7, 11) is -7.90. The van der Waals surface area contributed by atoms with Crippen LogP contribution in [0.3, 0.4) is 0 Å². The molecule has 0 amide bonds. The first-order valence-electron chi connectivity index (χ1n) is 11.5. The summed E-state index contributed by atoms with van der Waals surface area (Å²) in [5, 5.41) is 16.9. The van der Waals surface area contributed by atoms with Crippen molar-refractivity contribution in [1.82, 2.24) is 9.46 Å². The Morgan fingerprint density at radius 3 is 2.29 bits per heavy atom. The molecule has 4 rings (SSSR count). The molecule has 1 aromatic heterocycles. The lowest BCUT2D eigenvalue weighted by Crippen LogP contribution is -2.48. The summed E-state index contributed by atoms with van der Waals surface area (Å²) < 4.78 is 66.4. The molecule has 1 saturated heterocycles. The fourth-order valence-corrected chi connectivity index (χ4v) is 7.36. The first-order valence-corrected chi connectivity index (χ1v) is 14.8. The number of anilines is 1. The van der Waals surface area contributed by atoms with Gasteiger partial charge in [0.15, 0.2) is 10.7 Å². The van der Waals surface area contributed by atoms with Crippen molar-refractivity contribution in [3.63, 3.8) is 0 Å². The number of nitrogens with one attached hydrogen (secondary N) is 1. The molecule has 3 aromatic rings. The van der Waals surface area contributed by atoms with E-state index in [2.05, 4.69) is 14.9 Å². The van der Waals surface area contributed by atoms with E-state index in [-0.39, 0.29) is 68.5 Å². The van der Waals surface area contributed by atoms with Gasteiger partial charge in [-0.05, 0) is 76.1 Å². The van der Waals surface area contributed by atoms with Gasteiger partial charge < -0.3 is 14.4 Å². The number of rotatable bonds is 7. The standard InChI is InChI=1S/C24H27ClN4O7S2/c1-14-12-29(13-15(2)35-14)38(33,34)20-8-6-19(7-9-20)26-24(30)21-11-18(25)5-10-22(21)28-37(31,32)23-16(3)27-36-17(23)4/h5-11,14-15,28H,12-13H2,1-4H3,(H,26,30)/p-1. The Balaban J connectivity index is 1.62. The number of halogens is 1. The van der Waals surface area contributed by atoms with Gasteiger partial charge >= 0.3 is 0 Å². The van der Waals surface area contributed by atoms with Crippen LogP contribution in [0.15, 0.2) is 61.8 Å². The Kier molecular flexibility index (Phi) is 7.86. The van der Waals surface area contributed by atoms with E-state index in [1.54, 1.807) is 0 Å². The van der Waals surface area contributed by atoms with Crippen molar-refractivity contribution >= 4 is 48.9 Å². The van der Waals surface area contributed by atoms with Gasteiger partial charge in [0, 0.05) is 23.7 Å². The van der Waals surface area contributed by atoms with E-state index >= 15 is 0 Å². The SMILES string of the molecule is Cc1noc(C)c1S(=O)(=O)Nc1ccc(Cl)cc1C([O-])=Nc1ccc(S(=O)(=O)N2CC(C)OC(C)C2)cc1. The van der Waals surface area contributed by atoms with Crippen molar-refractivity contribution < 1.29 is 31.2 Å². The first-order chi connectivity index (χ1) is 17.8. The second-order valence-corrected chi connectivity index (χ2v) is 12.9. The van der Waals surface area contributed by atoms with Gasteiger partial charge in [-0.25, -0.2) is 16.8 Å². The zero-order valence-electron chi connectivity index (χ0n) is 21.0. The molecule has 11 nitrogen and oxygen atoms in total. The number of benzene rings is 2. The van der Waals surface area contributed by atoms with Gasteiger partial charge in [-0.3, -0.25) is 9.71 Å². The van der Waals surface area contributed by atoms with Crippen LogP contribution in [0.2, 0.25) is 5.02 Å². The minimum Gasteiger partial charge on any atom is -0.858 e. The molecule has 204 valence electrons. The molecule has 0 saturated carbocycles. The molecule has 1 aliphatic heterocycles. The van der Waals surface area contributed by atoms with Crippen LogP contribution in [-0.2, 0) is 24.8 Å². The molecule has 0 aliphatic carbocycles. The van der Waals surface area contributed by atoms with Gasteiger partial charge in [0.2, 0.25) is 10.0 Å². The predicted octanol–water partition coefficient (Wildman–Crippen LogP) is 2.98. The number of hydrogen-bond donors (Lipinski definition) is 1. The molecule has 0 bridgehead atoms. The average molecular weight is 582 g/mol. The van der Waals surface area contributed by atoms with Crippen molar-refractivity contribution in [2.75, 3.05) is 17.8 Å². The monoisotopic (exact) mass is 581 g/mol. The van der Waals surface area contributed by atoms with Gasteiger partial charge in [0.05, 0.1) is 28.5 Å². The second kappa shape index (κ2) is 10.7. The third kappa shape index (κ3) is 5.86. The fraction of sp³-hybridized carbons (Fsp3) is 0.333. The highest BCUT2D eigenvalue weighted by Gasteiger charge is 2.32. The molecule has 2 atom stereocenters. The normalized spacial score (nSPS) is 19.4. The van der Waals surface area contributed by atoms with E-state index in [1.165, 1.54) is 60.6 Å². The van der Waals surface area contributed by atoms with Gasteiger partial charge in [-0.2, -0.15) is 4.31 Å².